The fourth-order valence-corrected chi connectivity index (χ4v) is 4.03. The summed E-state index contributed by atoms with van der Waals surface area (Å²) in [5, 5.41) is 0. The van der Waals surface area contributed by atoms with Crippen molar-refractivity contribution in [2.24, 2.45) is 0 Å². The predicted octanol–water partition coefficient (Wildman–Crippen LogP) is 1.75. The Hall–Kier alpha value is -2.70. The molecule has 136 valence electrons. The van der Waals surface area contributed by atoms with E-state index >= 15 is 0 Å². The van der Waals surface area contributed by atoms with Gasteiger partial charge in [-0.1, -0.05) is 0 Å². The molecule has 1 N–H and O–H groups in total. The van der Waals surface area contributed by atoms with Crippen LogP contribution >= 0.6 is 0 Å². The lowest BCUT2D eigenvalue weighted by molar-refractivity contribution is -0.136. The third kappa shape index (κ3) is 3.09. The molecule has 3 heterocycles. The quantitative estimate of drug-likeness (QED) is 0.908. The summed E-state index contributed by atoms with van der Waals surface area (Å²) in [4.78, 5) is 34.2. The van der Waals surface area contributed by atoms with E-state index in [1.165, 1.54) is 24.3 Å². The molecule has 1 aromatic carbocycles. The summed E-state index contributed by atoms with van der Waals surface area (Å²) in [6.45, 7) is 1.67. The summed E-state index contributed by atoms with van der Waals surface area (Å²) >= 11 is 0. The van der Waals surface area contributed by atoms with Crippen LogP contribution < -0.4 is 10.3 Å². The highest BCUT2D eigenvalue weighted by Gasteiger charge is 2.40. The van der Waals surface area contributed by atoms with Crippen molar-refractivity contribution in [3.63, 3.8) is 0 Å². The molecule has 0 aliphatic carbocycles. The molecule has 0 radical (unpaired) electrons. The molecule has 2 aliphatic rings. The minimum atomic E-state index is -0.347. The number of ether oxygens (including phenoxy) is 1. The van der Waals surface area contributed by atoms with Crippen molar-refractivity contribution < 1.29 is 13.9 Å². The number of aromatic nitrogens is 2. The van der Waals surface area contributed by atoms with E-state index < -0.39 is 0 Å². The number of hydrogen-bond donors (Lipinski definition) is 1. The van der Waals surface area contributed by atoms with E-state index in [4.69, 9.17) is 4.74 Å². The number of hydrogen-bond acceptors (Lipinski definition) is 4. The third-order valence-electron chi connectivity index (χ3n) is 5.17. The number of aryl methyl sites for hydroxylation is 1. The molecule has 0 saturated carbocycles. The van der Waals surface area contributed by atoms with Gasteiger partial charge in [-0.05, 0) is 44.0 Å². The summed E-state index contributed by atoms with van der Waals surface area (Å²) < 4.78 is 18.5. The molecule has 1 aromatic heterocycles. The molecule has 1 saturated heterocycles. The second kappa shape index (κ2) is 6.55. The first-order valence-electron chi connectivity index (χ1n) is 8.79. The number of fused-ring (bicyclic) bond motifs is 3. The minimum Gasteiger partial charge on any atom is -0.484 e. The van der Waals surface area contributed by atoms with Crippen molar-refractivity contribution in [2.45, 2.75) is 44.7 Å². The van der Waals surface area contributed by atoms with Crippen molar-refractivity contribution in [3.8, 4) is 5.75 Å². The number of H-pyrrole nitrogens is 1. The maximum absolute atomic E-state index is 13.0. The normalized spacial score (nSPS) is 21.2. The van der Waals surface area contributed by atoms with Crippen LogP contribution in [0.1, 0.15) is 29.9 Å². The first-order chi connectivity index (χ1) is 12.5. The van der Waals surface area contributed by atoms with Crippen LogP contribution in [0.2, 0.25) is 0 Å². The van der Waals surface area contributed by atoms with E-state index in [0.717, 1.165) is 18.5 Å². The zero-order valence-corrected chi connectivity index (χ0v) is 14.5. The Morgan fingerprint density at radius 1 is 1.27 bits per heavy atom. The monoisotopic (exact) mass is 357 g/mol. The van der Waals surface area contributed by atoms with Gasteiger partial charge in [-0.2, -0.15) is 0 Å². The van der Waals surface area contributed by atoms with Crippen LogP contribution in [0.25, 0.3) is 0 Å². The van der Waals surface area contributed by atoms with Gasteiger partial charge in [0.15, 0.2) is 6.61 Å². The van der Waals surface area contributed by atoms with E-state index in [2.05, 4.69) is 9.97 Å². The number of aromatic amines is 1. The van der Waals surface area contributed by atoms with Crippen molar-refractivity contribution in [1.82, 2.24) is 14.9 Å². The number of benzene rings is 1. The van der Waals surface area contributed by atoms with Gasteiger partial charge < -0.3 is 14.6 Å². The van der Waals surface area contributed by atoms with E-state index in [-0.39, 0.29) is 36.0 Å². The molecule has 4 rings (SSSR count). The smallest absolute Gasteiger partial charge is 0.261 e. The molecule has 2 atom stereocenters. The largest absolute Gasteiger partial charge is 0.484 e. The number of carbonyl (C=O) groups is 1. The summed E-state index contributed by atoms with van der Waals surface area (Å²) in [5.41, 5.74) is 1.39. The van der Waals surface area contributed by atoms with Crippen LogP contribution in [0.4, 0.5) is 4.39 Å². The summed E-state index contributed by atoms with van der Waals surface area (Å²) in [6.07, 6.45) is 2.90. The van der Waals surface area contributed by atoms with E-state index in [0.29, 0.717) is 30.0 Å². The first kappa shape index (κ1) is 16.8. The van der Waals surface area contributed by atoms with Crippen molar-refractivity contribution in [2.75, 3.05) is 6.61 Å². The predicted molar refractivity (Wildman–Crippen MR) is 92.6 cm³/mol. The van der Waals surface area contributed by atoms with Crippen molar-refractivity contribution >= 4 is 5.91 Å². The highest BCUT2D eigenvalue weighted by Crippen LogP contribution is 2.32. The fourth-order valence-electron chi connectivity index (χ4n) is 4.03. The summed E-state index contributed by atoms with van der Waals surface area (Å²) in [6, 6.07) is 5.64. The number of halogens is 1. The van der Waals surface area contributed by atoms with Gasteiger partial charge in [0.2, 0.25) is 0 Å². The molecule has 1 fully saturated rings. The molecule has 6 nitrogen and oxygen atoms in total. The van der Waals surface area contributed by atoms with Gasteiger partial charge >= 0.3 is 0 Å². The number of nitrogens with zero attached hydrogens (tertiary/aromatic N) is 2. The Morgan fingerprint density at radius 2 is 1.96 bits per heavy atom. The second-order valence-electron chi connectivity index (χ2n) is 6.91. The number of amides is 1. The van der Waals surface area contributed by atoms with Crippen LogP contribution in [0.5, 0.6) is 5.75 Å². The lowest BCUT2D eigenvalue weighted by atomic mass is 9.98. The van der Waals surface area contributed by atoms with Crippen LogP contribution in [0, 0.1) is 12.7 Å². The molecular formula is C19H20FN3O3. The van der Waals surface area contributed by atoms with Crippen LogP contribution in [0.15, 0.2) is 29.1 Å². The van der Waals surface area contributed by atoms with Gasteiger partial charge in [-0.3, -0.25) is 9.59 Å². The van der Waals surface area contributed by atoms with Gasteiger partial charge in [0.25, 0.3) is 11.5 Å². The number of rotatable bonds is 3. The van der Waals surface area contributed by atoms with Gasteiger partial charge in [-0.25, -0.2) is 9.37 Å². The highest BCUT2D eigenvalue weighted by atomic mass is 19.1. The second-order valence-corrected chi connectivity index (χ2v) is 6.91. The maximum Gasteiger partial charge on any atom is 0.261 e. The zero-order valence-electron chi connectivity index (χ0n) is 14.5. The molecule has 0 spiro atoms. The lowest BCUT2D eigenvalue weighted by Gasteiger charge is -2.28. The van der Waals surface area contributed by atoms with Gasteiger partial charge in [-0.15, -0.1) is 0 Å². The van der Waals surface area contributed by atoms with E-state index in [1.54, 1.807) is 6.92 Å². The molecule has 26 heavy (non-hydrogen) atoms. The lowest BCUT2D eigenvalue weighted by Crippen LogP contribution is -2.44. The third-order valence-corrected chi connectivity index (χ3v) is 5.17. The molecule has 2 aromatic rings. The molecular weight excluding hydrogens is 337 g/mol. The van der Waals surface area contributed by atoms with Crippen LogP contribution in [0.3, 0.4) is 0 Å². The molecule has 7 heteroatoms. The Morgan fingerprint density at radius 3 is 2.69 bits per heavy atom. The molecule has 0 unspecified atom stereocenters. The maximum atomic E-state index is 13.0. The van der Waals surface area contributed by atoms with Gasteiger partial charge in [0, 0.05) is 30.5 Å². The standard InChI is InChI=1S/C19H20FN3O3/c1-11-21-17-9-14-5-4-13(8-16(17)19(25)22-11)23(14)18(24)10-26-15-6-2-12(20)3-7-15/h2-3,6-7,13-14H,4-5,8-10H2,1H3,(H,21,22,25)/t13-,14+/m1/s1. The summed E-state index contributed by atoms with van der Waals surface area (Å²) in [5.74, 6) is 0.603. The van der Waals surface area contributed by atoms with Crippen LogP contribution in [-0.2, 0) is 17.6 Å². The zero-order chi connectivity index (χ0) is 18.3. The Kier molecular flexibility index (Phi) is 4.22. The average molecular weight is 357 g/mol. The average Bonchev–Trinajstić information content (AvgIpc) is 2.90. The van der Waals surface area contributed by atoms with Crippen LogP contribution in [-0.4, -0.2) is 39.5 Å². The Bertz CT molecular complexity index is 894. The van der Waals surface area contributed by atoms with Crippen molar-refractivity contribution in [3.05, 3.63) is 57.5 Å². The highest BCUT2D eigenvalue weighted by molar-refractivity contribution is 5.79. The molecule has 1 amide bonds. The first-order valence-corrected chi connectivity index (χ1v) is 8.79. The number of nitrogens with one attached hydrogen (secondary N) is 1. The topological polar surface area (TPSA) is 75.3 Å². The minimum absolute atomic E-state index is 0.00354. The van der Waals surface area contributed by atoms with Gasteiger partial charge in [0.1, 0.15) is 17.4 Å². The van der Waals surface area contributed by atoms with E-state index in [9.17, 15) is 14.0 Å². The van der Waals surface area contributed by atoms with Gasteiger partial charge in [0.05, 0.1) is 5.69 Å². The SMILES string of the molecule is Cc1nc2c(c(=O)[nH]1)C[C@H]1CC[C@@H](C2)N1C(=O)COc1ccc(F)cc1. The summed E-state index contributed by atoms with van der Waals surface area (Å²) in [7, 11) is 0. The number of carbonyl (C=O) groups excluding carboxylic acids is 1. The Labute approximate surface area is 150 Å². The molecule has 2 aliphatic heterocycles. The van der Waals surface area contributed by atoms with Crippen molar-refractivity contribution in [1.29, 1.82) is 0 Å². The molecule has 2 bridgehead atoms. The fraction of sp³-hybridized carbons (Fsp3) is 0.421. The Balaban J connectivity index is 1.51. The van der Waals surface area contributed by atoms with E-state index in [1.807, 2.05) is 4.90 Å².